The average Bonchev–Trinajstić information content (AvgIpc) is 3.15. The summed E-state index contributed by atoms with van der Waals surface area (Å²) in [4.78, 5) is 2.74. The lowest BCUT2D eigenvalue weighted by atomic mass is 9.74. The highest BCUT2D eigenvalue weighted by atomic mass is 15.3. The number of nitrogens with zero attached hydrogens (tertiary/aromatic N) is 1. The number of nitrogens with two attached hydrogens (primary N) is 1. The molecule has 2 aliphatic carbocycles. The fourth-order valence-corrected chi connectivity index (χ4v) is 3.60. The summed E-state index contributed by atoms with van der Waals surface area (Å²) in [6.07, 6.45) is 9.66. The van der Waals surface area contributed by atoms with Gasteiger partial charge in [0.25, 0.3) is 0 Å². The second kappa shape index (κ2) is 5.05. The predicted octanol–water partition coefficient (Wildman–Crippen LogP) is 2.77. The number of rotatable bonds is 5. The molecule has 2 heteroatoms. The van der Waals surface area contributed by atoms with E-state index in [4.69, 9.17) is 5.73 Å². The third-order valence-corrected chi connectivity index (χ3v) is 4.93. The Morgan fingerprint density at radius 2 is 1.75 bits per heavy atom. The molecule has 0 aromatic rings. The number of hydrogen-bond donors (Lipinski definition) is 1. The molecule has 0 bridgehead atoms. The first-order valence-corrected chi connectivity index (χ1v) is 7.22. The van der Waals surface area contributed by atoms with E-state index in [-0.39, 0.29) is 0 Å². The van der Waals surface area contributed by atoms with Gasteiger partial charge in [0.05, 0.1) is 0 Å². The van der Waals surface area contributed by atoms with Crippen molar-refractivity contribution in [2.45, 2.75) is 70.4 Å². The Hall–Kier alpha value is -0.0800. The zero-order valence-corrected chi connectivity index (χ0v) is 11.0. The van der Waals surface area contributed by atoms with E-state index >= 15 is 0 Å². The van der Waals surface area contributed by atoms with Gasteiger partial charge in [0.15, 0.2) is 0 Å². The molecule has 0 amide bonds. The van der Waals surface area contributed by atoms with Crippen LogP contribution in [-0.2, 0) is 0 Å². The fourth-order valence-electron chi connectivity index (χ4n) is 3.60. The zero-order valence-electron chi connectivity index (χ0n) is 11.0. The first-order valence-electron chi connectivity index (χ1n) is 7.22. The molecule has 2 fully saturated rings. The highest BCUT2D eigenvalue weighted by Crippen LogP contribution is 2.42. The van der Waals surface area contributed by atoms with Crippen LogP contribution in [0.15, 0.2) is 0 Å². The summed E-state index contributed by atoms with van der Waals surface area (Å²) >= 11 is 0. The minimum atomic E-state index is 0.363. The summed E-state index contributed by atoms with van der Waals surface area (Å²) in [5, 5.41) is 0. The smallest absolute Gasteiger partial charge is 0.0334 e. The van der Waals surface area contributed by atoms with Gasteiger partial charge in [0.1, 0.15) is 0 Å². The van der Waals surface area contributed by atoms with E-state index in [1.54, 1.807) is 0 Å². The zero-order chi connectivity index (χ0) is 11.6. The molecular formula is C14H28N2. The Balaban J connectivity index is 2.01. The molecule has 0 saturated heterocycles. The van der Waals surface area contributed by atoms with E-state index in [1.165, 1.54) is 51.5 Å². The van der Waals surface area contributed by atoms with Gasteiger partial charge in [-0.15, -0.1) is 0 Å². The summed E-state index contributed by atoms with van der Waals surface area (Å²) in [5.74, 6) is 0.970. The quantitative estimate of drug-likeness (QED) is 0.778. The molecule has 0 heterocycles. The van der Waals surface area contributed by atoms with Gasteiger partial charge in [-0.2, -0.15) is 0 Å². The summed E-state index contributed by atoms with van der Waals surface area (Å²) in [6.45, 7) is 6.70. The third kappa shape index (κ3) is 2.28. The van der Waals surface area contributed by atoms with Gasteiger partial charge in [-0.25, -0.2) is 0 Å². The van der Waals surface area contributed by atoms with E-state index < -0.39 is 0 Å². The standard InChI is InChI=1S/C14H28N2/c1-3-12-7-9-14(11-15,10-8-12)16(4-2)13-5-6-13/h12-13H,3-11,15H2,1-2H3. The fraction of sp³-hybridized carbons (Fsp3) is 1.00. The molecule has 0 unspecified atom stereocenters. The normalized spacial score (nSPS) is 35.6. The number of likely N-dealkylation sites (N-methyl/N-ethyl adjacent to an activating group) is 1. The Kier molecular flexibility index (Phi) is 3.91. The Bertz CT molecular complexity index is 215. The maximum Gasteiger partial charge on any atom is 0.0334 e. The van der Waals surface area contributed by atoms with Crippen LogP contribution in [0, 0.1) is 5.92 Å². The molecule has 2 N–H and O–H groups in total. The Morgan fingerprint density at radius 1 is 1.12 bits per heavy atom. The van der Waals surface area contributed by atoms with Crippen LogP contribution in [-0.4, -0.2) is 29.6 Å². The van der Waals surface area contributed by atoms with Crippen LogP contribution in [0.1, 0.15) is 58.8 Å². The maximum absolute atomic E-state index is 6.13. The monoisotopic (exact) mass is 224 g/mol. The van der Waals surface area contributed by atoms with Crippen LogP contribution in [0.5, 0.6) is 0 Å². The van der Waals surface area contributed by atoms with Gasteiger partial charge in [0.2, 0.25) is 0 Å². The van der Waals surface area contributed by atoms with Crippen LogP contribution in [0.4, 0.5) is 0 Å². The number of hydrogen-bond acceptors (Lipinski definition) is 2. The van der Waals surface area contributed by atoms with Crippen LogP contribution in [0.25, 0.3) is 0 Å². The lowest BCUT2D eigenvalue weighted by Crippen LogP contribution is -2.56. The van der Waals surface area contributed by atoms with E-state index in [0.29, 0.717) is 5.54 Å². The van der Waals surface area contributed by atoms with E-state index in [9.17, 15) is 0 Å². The minimum Gasteiger partial charge on any atom is -0.329 e. The van der Waals surface area contributed by atoms with Crippen LogP contribution in [0.3, 0.4) is 0 Å². The largest absolute Gasteiger partial charge is 0.329 e. The van der Waals surface area contributed by atoms with Crippen LogP contribution in [0.2, 0.25) is 0 Å². The van der Waals surface area contributed by atoms with Gasteiger partial charge in [-0.05, 0) is 51.0 Å². The maximum atomic E-state index is 6.13. The molecular weight excluding hydrogens is 196 g/mol. The molecule has 0 spiro atoms. The van der Waals surface area contributed by atoms with Crippen LogP contribution < -0.4 is 5.73 Å². The molecule has 0 radical (unpaired) electrons. The SMILES string of the molecule is CCC1CCC(CN)(N(CC)C2CC2)CC1. The molecule has 2 aliphatic rings. The van der Waals surface area contributed by atoms with Crippen molar-refractivity contribution in [1.29, 1.82) is 0 Å². The predicted molar refractivity (Wildman–Crippen MR) is 69.4 cm³/mol. The Labute approximate surface area is 101 Å². The molecule has 2 nitrogen and oxygen atoms in total. The van der Waals surface area contributed by atoms with E-state index in [1.807, 2.05) is 0 Å². The highest BCUT2D eigenvalue weighted by molar-refractivity contribution is 5.01. The molecule has 2 rings (SSSR count). The first-order chi connectivity index (χ1) is 7.75. The summed E-state index contributed by atoms with van der Waals surface area (Å²) in [5.41, 5.74) is 6.49. The van der Waals surface area contributed by atoms with Crippen molar-refractivity contribution in [3.63, 3.8) is 0 Å². The Morgan fingerprint density at radius 3 is 2.12 bits per heavy atom. The summed E-state index contributed by atoms with van der Waals surface area (Å²) < 4.78 is 0. The average molecular weight is 224 g/mol. The lowest BCUT2D eigenvalue weighted by Gasteiger charge is -2.47. The van der Waals surface area contributed by atoms with Crippen LogP contribution >= 0.6 is 0 Å². The van der Waals surface area contributed by atoms with Crippen molar-refractivity contribution in [3.8, 4) is 0 Å². The molecule has 2 saturated carbocycles. The van der Waals surface area contributed by atoms with E-state index in [0.717, 1.165) is 18.5 Å². The second-order valence-corrected chi connectivity index (χ2v) is 5.80. The topological polar surface area (TPSA) is 29.3 Å². The van der Waals surface area contributed by atoms with Gasteiger partial charge in [-0.3, -0.25) is 4.90 Å². The van der Waals surface area contributed by atoms with Crippen molar-refractivity contribution in [2.24, 2.45) is 11.7 Å². The first kappa shape index (κ1) is 12.4. The molecule has 94 valence electrons. The van der Waals surface area contributed by atoms with Crippen molar-refractivity contribution < 1.29 is 0 Å². The van der Waals surface area contributed by atoms with Gasteiger partial charge in [0, 0.05) is 18.1 Å². The molecule has 0 atom stereocenters. The van der Waals surface area contributed by atoms with Crippen molar-refractivity contribution >= 4 is 0 Å². The summed E-state index contributed by atoms with van der Waals surface area (Å²) in [7, 11) is 0. The lowest BCUT2D eigenvalue weighted by molar-refractivity contribution is 0.0390. The molecule has 0 aromatic heterocycles. The van der Waals surface area contributed by atoms with Crippen molar-refractivity contribution in [3.05, 3.63) is 0 Å². The minimum absolute atomic E-state index is 0.363. The summed E-state index contributed by atoms with van der Waals surface area (Å²) in [6, 6.07) is 0.867. The second-order valence-electron chi connectivity index (χ2n) is 5.80. The molecule has 16 heavy (non-hydrogen) atoms. The molecule has 0 aliphatic heterocycles. The van der Waals surface area contributed by atoms with Crippen molar-refractivity contribution in [2.75, 3.05) is 13.1 Å². The van der Waals surface area contributed by atoms with Gasteiger partial charge >= 0.3 is 0 Å². The molecule has 0 aromatic carbocycles. The third-order valence-electron chi connectivity index (χ3n) is 4.93. The van der Waals surface area contributed by atoms with Crippen molar-refractivity contribution in [1.82, 2.24) is 4.90 Å². The van der Waals surface area contributed by atoms with Gasteiger partial charge < -0.3 is 5.73 Å². The van der Waals surface area contributed by atoms with Gasteiger partial charge in [-0.1, -0.05) is 20.3 Å². The highest BCUT2D eigenvalue weighted by Gasteiger charge is 2.44. The van der Waals surface area contributed by atoms with E-state index in [2.05, 4.69) is 18.7 Å².